The minimum Gasteiger partial charge on any atom is -0.497 e. The van der Waals surface area contributed by atoms with E-state index in [0.29, 0.717) is 13.1 Å². The number of aryl methyl sites for hydroxylation is 1. The normalized spacial score (nSPS) is 11.7. The van der Waals surface area contributed by atoms with Gasteiger partial charge in [0.1, 0.15) is 18.0 Å². The summed E-state index contributed by atoms with van der Waals surface area (Å²) >= 11 is 0. The van der Waals surface area contributed by atoms with Gasteiger partial charge in [0.2, 0.25) is 0 Å². The predicted molar refractivity (Wildman–Crippen MR) is 98.0 cm³/mol. The van der Waals surface area contributed by atoms with E-state index >= 15 is 0 Å². The van der Waals surface area contributed by atoms with Crippen molar-refractivity contribution in [2.24, 2.45) is 0 Å². The molecule has 0 radical (unpaired) electrons. The summed E-state index contributed by atoms with van der Waals surface area (Å²) in [5, 5.41) is 2.96. The molecule has 5 nitrogen and oxygen atoms in total. The van der Waals surface area contributed by atoms with Crippen LogP contribution in [0.4, 0.5) is 0 Å². The summed E-state index contributed by atoms with van der Waals surface area (Å²) < 4.78 is 10.5. The molecule has 134 valence electrons. The molecule has 2 N–H and O–H groups in total. The van der Waals surface area contributed by atoms with Gasteiger partial charge in [0.25, 0.3) is 5.91 Å². The van der Waals surface area contributed by atoms with Crippen LogP contribution in [0.15, 0.2) is 42.5 Å². The molecule has 5 heteroatoms. The Morgan fingerprint density at radius 1 is 1.08 bits per heavy atom. The van der Waals surface area contributed by atoms with Gasteiger partial charge in [0, 0.05) is 12.1 Å². The first-order valence-corrected chi connectivity index (χ1v) is 8.36. The van der Waals surface area contributed by atoms with Gasteiger partial charge >= 0.3 is 0 Å². The zero-order valence-corrected chi connectivity index (χ0v) is 15.4. The van der Waals surface area contributed by atoms with Crippen LogP contribution in [0.2, 0.25) is 0 Å². The molecule has 0 fully saturated rings. The third-order valence-corrected chi connectivity index (χ3v) is 4.04. The van der Waals surface area contributed by atoms with Crippen LogP contribution in [0, 0.1) is 6.92 Å². The summed E-state index contributed by atoms with van der Waals surface area (Å²) in [4.78, 5) is 13.3. The Kier molecular flexibility index (Phi) is 6.83. The average molecular weight is 343 g/mol. The third kappa shape index (κ3) is 5.80. The molecule has 2 rings (SSSR count). The molecule has 0 aliphatic rings. The van der Waals surface area contributed by atoms with Gasteiger partial charge in [0.15, 0.2) is 6.54 Å². The Morgan fingerprint density at radius 2 is 1.80 bits per heavy atom. The second-order valence-electron chi connectivity index (χ2n) is 6.25. The van der Waals surface area contributed by atoms with E-state index in [1.165, 1.54) is 5.56 Å². The standard InChI is InChI=1S/C20H26N2O3/c1-15-5-10-19(25-4)17(11-15)13-22(2)14-20(23)21-12-16-6-8-18(24-3)9-7-16/h5-11H,12-14H2,1-4H3,(H,21,23)/p+1. The molecule has 1 atom stereocenters. The fourth-order valence-electron chi connectivity index (χ4n) is 2.71. The third-order valence-electron chi connectivity index (χ3n) is 4.04. The van der Waals surface area contributed by atoms with Crippen molar-refractivity contribution in [3.8, 4) is 11.5 Å². The molecule has 1 amide bonds. The van der Waals surface area contributed by atoms with Gasteiger partial charge in [-0.25, -0.2) is 0 Å². The highest BCUT2D eigenvalue weighted by atomic mass is 16.5. The van der Waals surface area contributed by atoms with E-state index in [1.807, 2.05) is 43.4 Å². The van der Waals surface area contributed by atoms with Crippen molar-refractivity contribution in [2.75, 3.05) is 27.8 Å². The molecular weight excluding hydrogens is 316 g/mol. The van der Waals surface area contributed by atoms with Crippen molar-refractivity contribution < 1.29 is 19.2 Å². The smallest absolute Gasteiger partial charge is 0.275 e. The van der Waals surface area contributed by atoms with Crippen molar-refractivity contribution in [3.05, 3.63) is 59.2 Å². The second kappa shape index (κ2) is 9.08. The van der Waals surface area contributed by atoms with Crippen LogP contribution in [0.5, 0.6) is 11.5 Å². The largest absolute Gasteiger partial charge is 0.497 e. The van der Waals surface area contributed by atoms with Gasteiger partial charge in [0.05, 0.1) is 21.3 Å². The molecule has 0 aliphatic heterocycles. The molecule has 25 heavy (non-hydrogen) atoms. The van der Waals surface area contributed by atoms with Crippen LogP contribution in [-0.2, 0) is 17.9 Å². The monoisotopic (exact) mass is 343 g/mol. The summed E-state index contributed by atoms with van der Waals surface area (Å²) in [6, 6.07) is 13.8. The molecule has 0 spiro atoms. The van der Waals surface area contributed by atoms with E-state index < -0.39 is 0 Å². The van der Waals surface area contributed by atoms with Crippen molar-refractivity contribution >= 4 is 5.91 Å². The number of quaternary nitrogens is 1. The maximum atomic E-state index is 12.2. The lowest BCUT2D eigenvalue weighted by Gasteiger charge is -2.16. The van der Waals surface area contributed by atoms with Gasteiger partial charge in [-0.1, -0.05) is 23.8 Å². The van der Waals surface area contributed by atoms with Crippen LogP contribution < -0.4 is 19.7 Å². The van der Waals surface area contributed by atoms with Crippen molar-refractivity contribution in [1.82, 2.24) is 5.32 Å². The summed E-state index contributed by atoms with van der Waals surface area (Å²) in [6.45, 7) is 3.72. The van der Waals surface area contributed by atoms with Gasteiger partial charge < -0.3 is 19.7 Å². The molecule has 0 heterocycles. The van der Waals surface area contributed by atoms with Crippen LogP contribution in [0.25, 0.3) is 0 Å². The molecule has 1 unspecified atom stereocenters. The zero-order chi connectivity index (χ0) is 18.2. The van der Waals surface area contributed by atoms with E-state index in [1.54, 1.807) is 14.2 Å². The number of nitrogens with one attached hydrogen (secondary N) is 2. The maximum absolute atomic E-state index is 12.2. The maximum Gasteiger partial charge on any atom is 0.275 e. The quantitative estimate of drug-likeness (QED) is 0.761. The van der Waals surface area contributed by atoms with E-state index in [-0.39, 0.29) is 5.91 Å². The Hall–Kier alpha value is -2.53. The van der Waals surface area contributed by atoms with Crippen LogP contribution >= 0.6 is 0 Å². The molecule has 2 aromatic carbocycles. The van der Waals surface area contributed by atoms with E-state index in [2.05, 4.69) is 18.3 Å². The Bertz CT molecular complexity index is 699. The lowest BCUT2D eigenvalue weighted by molar-refractivity contribution is -0.885. The summed E-state index contributed by atoms with van der Waals surface area (Å²) in [7, 11) is 5.32. The average Bonchev–Trinajstić information content (AvgIpc) is 2.60. The fourth-order valence-corrected chi connectivity index (χ4v) is 2.71. The minimum absolute atomic E-state index is 0.0277. The number of benzene rings is 2. The van der Waals surface area contributed by atoms with Crippen molar-refractivity contribution in [2.45, 2.75) is 20.0 Å². The second-order valence-corrected chi connectivity index (χ2v) is 6.25. The van der Waals surface area contributed by atoms with E-state index in [4.69, 9.17) is 9.47 Å². The number of hydrogen-bond acceptors (Lipinski definition) is 3. The SMILES string of the molecule is COc1ccc(CNC(=O)C[NH+](C)Cc2cc(C)ccc2OC)cc1. The molecule has 0 saturated carbocycles. The van der Waals surface area contributed by atoms with Crippen LogP contribution in [0.1, 0.15) is 16.7 Å². The highest BCUT2D eigenvalue weighted by Gasteiger charge is 2.13. The Morgan fingerprint density at radius 3 is 2.44 bits per heavy atom. The molecular formula is C20H27N2O3+. The molecule has 0 bridgehead atoms. The Balaban J connectivity index is 1.84. The summed E-state index contributed by atoms with van der Waals surface area (Å²) in [5.41, 5.74) is 3.35. The summed E-state index contributed by atoms with van der Waals surface area (Å²) in [5.74, 6) is 1.70. The zero-order valence-electron chi connectivity index (χ0n) is 15.4. The molecule has 0 aromatic heterocycles. The number of methoxy groups -OCH3 is 2. The Labute approximate surface area is 149 Å². The van der Waals surface area contributed by atoms with Crippen LogP contribution in [0.3, 0.4) is 0 Å². The van der Waals surface area contributed by atoms with Crippen molar-refractivity contribution in [1.29, 1.82) is 0 Å². The number of ether oxygens (including phenoxy) is 2. The van der Waals surface area contributed by atoms with Gasteiger partial charge in [-0.3, -0.25) is 4.79 Å². The van der Waals surface area contributed by atoms with E-state index in [0.717, 1.165) is 34.1 Å². The van der Waals surface area contributed by atoms with Crippen molar-refractivity contribution in [3.63, 3.8) is 0 Å². The lowest BCUT2D eigenvalue weighted by Crippen LogP contribution is -3.08. The number of amides is 1. The topological polar surface area (TPSA) is 52.0 Å². The number of hydrogen-bond donors (Lipinski definition) is 2. The lowest BCUT2D eigenvalue weighted by atomic mass is 10.1. The first-order valence-electron chi connectivity index (χ1n) is 8.36. The molecule has 0 saturated heterocycles. The highest BCUT2D eigenvalue weighted by Crippen LogP contribution is 2.18. The number of carbonyl (C=O) groups is 1. The minimum atomic E-state index is 0.0277. The number of likely N-dealkylation sites (N-methyl/N-ethyl adjacent to an activating group) is 1. The van der Waals surface area contributed by atoms with Gasteiger partial charge in [-0.15, -0.1) is 0 Å². The summed E-state index contributed by atoms with van der Waals surface area (Å²) in [6.07, 6.45) is 0. The molecule has 0 aliphatic carbocycles. The number of rotatable bonds is 8. The fraction of sp³-hybridized carbons (Fsp3) is 0.350. The predicted octanol–water partition coefficient (Wildman–Crippen LogP) is 1.34. The van der Waals surface area contributed by atoms with Gasteiger partial charge in [-0.05, 0) is 36.8 Å². The van der Waals surface area contributed by atoms with E-state index in [9.17, 15) is 4.79 Å². The van der Waals surface area contributed by atoms with Gasteiger partial charge in [-0.2, -0.15) is 0 Å². The first kappa shape index (κ1) is 18.8. The number of carbonyl (C=O) groups excluding carboxylic acids is 1. The molecule has 2 aromatic rings. The first-order chi connectivity index (χ1) is 12.0. The van der Waals surface area contributed by atoms with Crippen LogP contribution in [-0.4, -0.2) is 33.7 Å². The highest BCUT2D eigenvalue weighted by molar-refractivity contribution is 5.76.